The Hall–Kier alpha value is -2.61. The van der Waals surface area contributed by atoms with Crippen LogP contribution in [0.5, 0.6) is 0 Å². The number of pyridine rings is 1. The lowest BCUT2D eigenvalue weighted by atomic mass is 10.1. The van der Waals surface area contributed by atoms with Crippen molar-refractivity contribution in [2.24, 2.45) is 0 Å². The van der Waals surface area contributed by atoms with Gasteiger partial charge in [0.25, 0.3) is 5.95 Å². The predicted molar refractivity (Wildman–Crippen MR) is 76.0 cm³/mol. The second kappa shape index (κ2) is 5.80. The van der Waals surface area contributed by atoms with Crippen molar-refractivity contribution >= 4 is 17.5 Å². The lowest BCUT2D eigenvalue weighted by molar-refractivity contribution is 0.781. The maximum Gasteiger partial charge on any atom is 0.258 e. The standard InChI is InChI=1S/C12H11ClN8/c1-8(9-2-4-14-5-3-9)17-11-18-10(13)19-12(20-11)21-7-15-6-16-21/h2-8H,1H3,(H,17,18,19,20). The van der Waals surface area contributed by atoms with E-state index in [4.69, 9.17) is 11.6 Å². The Bertz CT molecular complexity index is 715. The number of hydrogen-bond donors (Lipinski definition) is 1. The highest BCUT2D eigenvalue weighted by molar-refractivity contribution is 6.28. The molecule has 1 N–H and O–H groups in total. The average molecular weight is 303 g/mol. The summed E-state index contributed by atoms with van der Waals surface area (Å²) in [6, 6.07) is 3.83. The van der Waals surface area contributed by atoms with E-state index in [1.165, 1.54) is 17.3 Å². The molecule has 21 heavy (non-hydrogen) atoms. The lowest BCUT2D eigenvalue weighted by Crippen LogP contribution is -2.12. The molecule has 1 unspecified atom stereocenters. The molecular formula is C12H11ClN8. The zero-order valence-electron chi connectivity index (χ0n) is 11.0. The molecule has 0 fully saturated rings. The van der Waals surface area contributed by atoms with Crippen LogP contribution in [0, 0.1) is 0 Å². The zero-order valence-corrected chi connectivity index (χ0v) is 11.8. The fourth-order valence-electron chi connectivity index (χ4n) is 1.75. The van der Waals surface area contributed by atoms with E-state index >= 15 is 0 Å². The minimum atomic E-state index is -0.00457. The highest BCUT2D eigenvalue weighted by Crippen LogP contribution is 2.17. The van der Waals surface area contributed by atoms with E-state index < -0.39 is 0 Å². The van der Waals surface area contributed by atoms with Crippen LogP contribution < -0.4 is 5.32 Å². The summed E-state index contributed by atoms with van der Waals surface area (Å²) in [5.41, 5.74) is 1.06. The molecule has 8 nitrogen and oxygen atoms in total. The molecule has 0 aromatic carbocycles. The number of halogens is 1. The van der Waals surface area contributed by atoms with Crippen LogP contribution in [0.2, 0.25) is 5.28 Å². The molecule has 3 aromatic rings. The second-order valence-corrected chi connectivity index (χ2v) is 4.55. The van der Waals surface area contributed by atoms with E-state index in [2.05, 4.69) is 35.3 Å². The maximum absolute atomic E-state index is 5.92. The van der Waals surface area contributed by atoms with Gasteiger partial charge in [-0.05, 0) is 36.2 Å². The fourth-order valence-corrected chi connectivity index (χ4v) is 1.90. The van der Waals surface area contributed by atoms with Crippen LogP contribution in [0.4, 0.5) is 5.95 Å². The Labute approximate surface area is 125 Å². The lowest BCUT2D eigenvalue weighted by Gasteiger charge is -2.14. The topological polar surface area (TPSA) is 94.3 Å². The van der Waals surface area contributed by atoms with Crippen LogP contribution in [-0.4, -0.2) is 34.7 Å². The van der Waals surface area contributed by atoms with Gasteiger partial charge in [-0.25, -0.2) is 4.98 Å². The number of hydrogen-bond acceptors (Lipinski definition) is 7. The minimum absolute atomic E-state index is 0.00457. The van der Waals surface area contributed by atoms with Gasteiger partial charge >= 0.3 is 0 Å². The number of aromatic nitrogens is 7. The molecule has 3 rings (SSSR count). The first-order valence-electron chi connectivity index (χ1n) is 6.15. The third-order valence-electron chi connectivity index (χ3n) is 2.77. The van der Waals surface area contributed by atoms with Crippen molar-refractivity contribution in [3.05, 3.63) is 48.0 Å². The summed E-state index contributed by atoms with van der Waals surface area (Å²) in [7, 11) is 0. The quantitative estimate of drug-likeness (QED) is 0.783. The molecule has 0 aliphatic rings. The van der Waals surface area contributed by atoms with Gasteiger partial charge in [-0.1, -0.05) is 0 Å². The normalized spacial score (nSPS) is 12.1. The average Bonchev–Trinajstić information content (AvgIpc) is 3.02. The van der Waals surface area contributed by atoms with Gasteiger partial charge in [0, 0.05) is 12.4 Å². The van der Waals surface area contributed by atoms with Crippen LogP contribution in [-0.2, 0) is 0 Å². The molecule has 9 heteroatoms. The van der Waals surface area contributed by atoms with Gasteiger partial charge in [-0.15, -0.1) is 0 Å². The van der Waals surface area contributed by atoms with Gasteiger partial charge in [-0.2, -0.15) is 24.7 Å². The summed E-state index contributed by atoms with van der Waals surface area (Å²) in [5.74, 6) is 0.668. The van der Waals surface area contributed by atoms with Gasteiger partial charge < -0.3 is 5.32 Å². The third kappa shape index (κ3) is 3.11. The van der Waals surface area contributed by atoms with Crippen molar-refractivity contribution in [1.29, 1.82) is 0 Å². The first-order chi connectivity index (χ1) is 10.2. The van der Waals surface area contributed by atoms with E-state index in [0.29, 0.717) is 11.9 Å². The Morgan fingerprint density at radius 2 is 1.95 bits per heavy atom. The van der Waals surface area contributed by atoms with E-state index in [1.54, 1.807) is 12.4 Å². The fraction of sp³-hybridized carbons (Fsp3) is 0.167. The summed E-state index contributed by atoms with van der Waals surface area (Å²) < 4.78 is 1.41. The molecule has 0 aliphatic heterocycles. The van der Waals surface area contributed by atoms with Crippen molar-refractivity contribution in [1.82, 2.24) is 34.7 Å². The molecule has 0 aliphatic carbocycles. The van der Waals surface area contributed by atoms with Gasteiger partial charge in [0.15, 0.2) is 0 Å². The highest BCUT2D eigenvalue weighted by atomic mass is 35.5. The number of anilines is 1. The summed E-state index contributed by atoms with van der Waals surface area (Å²) in [4.78, 5) is 20.2. The second-order valence-electron chi connectivity index (χ2n) is 4.21. The SMILES string of the molecule is CC(Nc1nc(Cl)nc(-n2cncn2)n1)c1ccncc1. The van der Waals surface area contributed by atoms with Crippen LogP contribution in [0.1, 0.15) is 18.5 Å². The van der Waals surface area contributed by atoms with E-state index in [9.17, 15) is 0 Å². The molecule has 0 bridgehead atoms. The van der Waals surface area contributed by atoms with Gasteiger partial charge in [0.2, 0.25) is 11.2 Å². The number of nitrogens with one attached hydrogen (secondary N) is 1. The molecule has 0 saturated carbocycles. The van der Waals surface area contributed by atoms with Gasteiger partial charge in [-0.3, -0.25) is 4.98 Å². The molecule has 1 atom stereocenters. The minimum Gasteiger partial charge on any atom is -0.348 e. The van der Waals surface area contributed by atoms with Crippen LogP contribution in [0.3, 0.4) is 0 Å². The Morgan fingerprint density at radius 3 is 2.67 bits per heavy atom. The van der Waals surface area contributed by atoms with Gasteiger partial charge in [0.05, 0.1) is 6.04 Å². The van der Waals surface area contributed by atoms with Crippen LogP contribution in [0.25, 0.3) is 5.95 Å². The first-order valence-corrected chi connectivity index (χ1v) is 6.53. The summed E-state index contributed by atoms with van der Waals surface area (Å²) >= 11 is 5.92. The van der Waals surface area contributed by atoms with Crippen LogP contribution in [0.15, 0.2) is 37.2 Å². The molecule has 106 valence electrons. The Kier molecular flexibility index (Phi) is 3.69. The maximum atomic E-state index is 5.92. The first kappa shape index (κ1) is 13.4. The van der Waals surface area contributed by atoms with Crippen molar-refractivity contribution in [3.63, 3.8) is 0 Å². The van der Waals surface area contributed by atoms with E-state index in [1.807, 2.05) is 19.1 Å². The third-order valence-corrected chi connectivity index (χ3v) is 2.94. The molecule has 0 spiro atoms. The Morgan fingerprint density at radius 1 is 1.14 bits per heavy atom. The Balaban J connectivity index is 1.86. The molecular weight excluding hydrogens is 292 g/mol. The monoisotopic (exact) mass is 302 g/mol. The molecule has 3 heterocycles. The van der Waals surface area contributed by atoms with Crippen LogP contribution >= 0.6 is 11.6 Å². The summed E-state index contributed by atoms with van der Waals surface area (Å²) in [5, 5.41) is 7.21. The smallest absolute Gasteiger partial charge is 0.258 e. The summed E-state index contributed by atoms with van der Waals surface area (Å²) in [6.45, 7) is 1.99. The van der Waals surface area contributed by atoms with Crippen molar-refractivity contribution in [3.8, 4) is 5.95 Å². The zero-order chi connectivity index (χ0) is 14.7. The van der Waals surface area contributed by atoms with Crippen molar-refractivity contribution in [2.75, 3.05) is 5.32 Å². The van der Waals surface area contributed by atoms with Crippen molar-refractivity contribution in [2.45, 2.75) is 13.0 Å². The molecule has 0 saturated heterocycles. The molecule has 0 radical (unpaired) electrons. The van der Waals surface area contributed by atoms with E-state index in [-0.39, 0.29) is 11.3 Å². The summed E-state index contributed by atoms with van der Waals surface area (Å²) in [6.07, 6.45) is 6.34. The number of nitrogens with zero attached hydrogens (tertiary/aromatic N) is 7. The predicted octanol–water partition coefficient (Wildman–Crippen LogP) is 1.67. The van der Waals surface area contributed by atoms with E-state index in [0.717, 1.165) is 5.56 Å². The highest BCUT2D eigenvalue weighted by Gasteiger charge is 2.11. The molecule has 3 aromatic heterocycles. The molecule has 0 amide bonds. The number of rotatable bonds is 4. The largest absolute Gasteiger partial charge is 0.348 e. The van der Waals surface area contributed by atoms with Gasteiger partial charge in [0.1, 0.15) is 12.7 Å². The van der Waals surface area contributed by atoms with Crippen molar-refractivity contribution < 1.29 is 0 Å².